The molecule has 3 aromatic rings. The fraction of sp³-hybridized carbons (Fsp3) is 0.150. The van der Waals surface area contributed by atoms with Crippen LogP contribution in [0.5, 0.6) is 0 Å². The van der Waals surface area contributed by atoms with Crippen LogP contribution in [-0.4, -0.2) is 9.36 Å². The molecule has 0 bridgehead atoms. The van der Waals surface area contributed by atoms with E-state index >= 15 is 0 Å². The van der Waals surface area contributed by atoms with E-state index in [1.165, 1.54) is 0 Å². The van der Waals surface area contributed by atoms with E-state index in [1.54, 1.807) is 12.3 Å². The quantitative estimate of drug-likeness (QED) is 0.441. The smallest absolute Gasteiger partial charge is 0.361 e. The first-order valence-corrected chi connectivity index (χ1v) is 10.5. The van der Waals surface area contributed by atoms with Gasteiger partial charge in [-0.15, -0.1) is 0 Å². The standard InChI is InChI=1S/C20H14ClF3N4S2/c1-11-3-4-16(12(2)7-11)26-6-5-17-14(9-25)18(28-30-17)29-19-15(21)8-13(10-27-19)20(22,23)24/h3-8,10,26H,1-2H3. The lowest BCUT2D eigenvalue weighted by atomic mass is 10.1. The summed E-state index contributed by atoms with van der Waals surface area (Å²) in [6, 6.07) is 8.91. The lowest BCUT2D eigenvalue weighted by molar-refractivity contribution is -0.137. The van der Waals surface area contributed by atoms with E-state index in [4.69, 9.17) is 11.6 Å². The molecule has 1 aromatic carbocycles. The molecule has 10 heteroatoms. The number of pyridine rings is 1. The minimum atomic E-state index is -4.53. The molecule has 2 heterocycles. The number of nitriles is 1. The summed E-state index contributed by atoms with van der Waals surface area (Å²) in [4.78, 5) is 4.39. The topological polar surface area (TPSA) is 61.6 Å². The molecule has 3 rings (SSSR count). The largest absolute Gasteiger partial charge is 0.417 e. The fourth-order valence-electron chi connectivity index (χ4n) is 2.50. The van der Waals surface area contributed by atoms with Crippen molar-refractivity contribution in [2.24, 2.45) is 0 Å². The summed E-state index contributed by atoms with van der Waals surface area (Å²) in [5.41, 5.74) is 2.56. The zero-order chi connectivity index (χ0) is 21.9. The molecule has 4 nitrogen and oxygen atoms in total. The Balaban J connectivity index is 1.78. The maximum Gasteiger partial charge on any atom is 0.417 e. The van der Waals surface area contributed by atoms with Crippen LogP contribution in [0.1, 0.15) is 27.1 Å². The number of nitrogens with one attached hydrogen (secondary N) is 1. The third kappa shape index (κ3) is 5.14. The first-order chi connectivity index (χ1) is 14.2. The van der Waals surface area contributed by atoms with Crippen LogP contribution in [-0.2, 0) is 6.18 Å². The number of rotatable bonds is 5. The van der Waals surface area contributed by atoms with Gasteiger partial charge in [-0.05, 0) is 60.9 Å². The van der Waals surface area contributed by atoms with Crippen molar-refractivity contribution in [3.8, 4) is 6.07 Å². The molecule has 0 spiro atoms. The number of hydrogen-bond acceptors (Lipinski definition) is 6. The highest BCUT2D eigenvalue weighted by Gasteiger charge is 2.31. The summed E-state index contributed by atoms with van der Waals surface area (Å²) in [7, 11) is 0. The molecule has 1 N–H and O–H groups in total. The van der Waals surface area contributed by atoms with Crippen LogP contribution in [0.25, 0.3) is 6.08 Å². The van der Waals surface area contributed by atoms with Gasteiger partial charge in [0.05, 0.1) is 15.5 Å². The molecule has 0 aliphatic carbocycles. The third-order valence-corrected chi connectivity index (χ3v) is 6.32. The minimum Gasteiger partial charge on any atom is -0.361 e. The number of benzene rings is 1. The summed E-state index contributed by atoms with van der Waals surface area (Å²) in [6.45, 7) is 4.01. The number of aromatic nitrogens is 2. The minimum absolute atomic E-state index is 0.149. The van der Waals surface area contributed by atoms with E-state index < -0.39 is 11.7 Å². The Morgan fingerprint density at radius 1 is 1.23 bits per heavy atom. The van der Waals surface area contributed by atoms with Crippen molar-refractivity contribution in [1.82, 2.24) is 9.36 Å². The number of hydrogen-bond donors (Lipinski definition) is 1. The van der Waals surface area contributed by atoms with Gasteiger partial charge in [0, 0.05) is 18.1 Å². The number of nitrogens with zero attached hydrogens (tertiary/aromatic N) is 3. The second-order valence-electron chi connectivity index (χ2n) is 6.25. The molecule has 0 atom stereocenters. The SMILES string of the molecule is Cc1ccc(NC=Cc2snc(Sc3ncc(C(F)(F)F)cc3Cl)c2C#N)c(C)c1. The molecule has 154 valence electrons. The summed E-state index contributed by atoms with van der Waals surface area (Å²) < 4.78 is 42.5. The van der Waals surface area contributed by atoms with Gasteiger partial charge in [-0.3, -0.25) is 0 Å². The molecule has 0 fully saturated rings. The van der Waals surface area contributed by atoms with Crippen molar-refractivity contribution in [1.29, 1.82) is 5.26 Å². The number of halogens is 4. The van der Waals surface area contributed by atoms with Crippen molar-refractivity contribution in [3.05, 3.63) is 68.8 Å². The molecule has 30 heavy (non-hydrogen) atoms. The van der Waals surface area contributed by atoms with Gasteiger partial charge in [0.1, 0.15) is 21.7 Å². The van der Waals surface area contributed by atoms with Gasteiger partial charge >= 0.3 is 6.18 Å². The van der Waals surface area contributed by atoms with Crippen LogP contribution in [0.4, 0.5) is 18.9 Å². The second-order valence-corrected chi connectivity index (χ2v) is 8.44. The lowest BCUT2D eigenvalue weighted by Crippen LogP contribution is -2.05. The summed E-state index contributed by atoms with van der Waals surface area (Å²) >= 11 is 8.01. The number of anilines is 1. The van der Waals surface area contributed by atoms with Gasteiger partial charge in [-0.2, -0.15) is 22.8 Å². The molecule has 2 aromatic heterocycles. The first kappa shape index (κ1) is 22.2. The van der Waals surface area contributed by atoms with Crippen LogP contribution >= 0.6 is 34.9 Å². The third-order valence-electron chi connectivity index (χ3n) is 3.98. The highest BCUT2D eigenvalue weighted by atomic mass is 35.5. The van der Waals surface area contributed by atoms with E-state index in [1.807, 2.05) is 26.0 Å². The Hall–Kier alpha value is -2.54. The van der Waals surface area contributed by atoms with Crippen LogP contribution in [0.3, 0.4) is 0 Å². The average molecular weight is 467 g/mol. The maximum absolute atomic E-state index is 12.8. The Morgan fingerprint density at radius 3 is 2.63 bits per heavy atom. The fourth-order valence-corrected chi connectivity index (χ4v) is 4.45. The summed E-state index contributed by atoms with van der Waals surface area (Å²) in [5.74, 6) is 0. The Morgan fingerprint density at radius 2 is 2.00 bits per heavy atom. The van der Waals surface area contributed by atoms with Crippen LogP contribution in [0, 0.1) is 25.2 Å². The van der Waals surface area contributed by atoms with E-state index in [9.17, 15) is 18.4 Å². The molecular weight excluding hydrogens is 453 g/mol. The van der Waals surface area contributed by atoms with Crippen molar-refractivity contribution in [2.45, 2.75) is 30.1 Å². The van der Waals surface area contributed by atoms with E-state index in [-0.39, 0.29) is 10.0 Å². The molecule has 0 unspecified atom stereocenters. The van der Waals surface area contributed by atoms with E-state index in [0.717, 1.165) is 46.2 Å². The maximum atomic E-state index is 12.8. The number of aryl methyl sites for hydroxylation is 2. The normalized spacial score (nSPS) is 11.6. The van der Waals surface area contributed by atoms with Crippen LogP contribution in [0.15, 0.2) is 46.7 Å². The second kappa shape index (κ2) is 9.08. The van der Waals surface area contributed by atoms with Gasteiger partial charge in [0.25, 0.3) is 0 Å². The number of alkyl halides is 3. The predicted molar refractivity (Wildman–Crippen MR) is 114 cm³/mol. The van der Waals surface area contributed by atoms with Gasteiger partial charge in [-0.1, -0.05) is 29.3 Å². The van der Waals surface area contributed by atoms with Gasteiger partial charge in [0.15, 0.2) is 0 Å². The summed E-state index contributed by atoms with van der Waals surface area (Å²) in [6.07, 6.45) is -0.383. The van der Waals surface area contributed by atoms with Gasteiger partial charge in [0.2, 0.25) is 0 Å². The van der Waals surface area contributed by atoms with Crippen LogP contribution in [0.2, 0.25) is 5.02 Å². The molecule has 0 saturated heterocycles. The van der Waals surface area contributed by atoms with Crippen molar-refractivity contribution >= 4 is 46.7 Å². The molecule has 0 radical (unpaired) electrons. The van der Waals surface area contributed by atoms with Gasteiger partial charge < -0.3 is 5.32 Å². The Labute approximate surface area is 184 Å². The molecule has 0 amide bonds. The Bertz CT molecular complexity index is 1150. The van der Waals surface area contributed by atoms with Crippen molar-refractivity contribution < 1.29 is 13.2 Å². The Kier molecular flexibility index (Phi) is 6.71. The average Bonchev–Trinajstić information content (AvgIpc) is 3.05. The molecule has 0 aliphatic rings. The van der Waals surface area contributed by atoms with E-state index in [2.05, 4.69) is 26.8 Å². The lowest BCUT2D eigenvalue weighted by Gasteiger charge is -2.08. The monoisotopic (exact) mass is 466 g/mol. The summed E-state index contributed by atoms with van der Waals surface area (Å²) in [5, 5.41) is 13.0. The highest BCUT2D eigenvalue weighted by molar-refractivity contribution is 7.99. The van der Waals surface area contributed by atoms with Crippen molar-refractivity contribution in [2.75, 3.05) is 5.32 Å². The zero-order valence-electron chi connectivity index (χ0n) is 15.7. The van der Waals surface area contributed by atoms with Crippen molar-refractivity contribution in [3.63, 3.8) is 0 Å². The molecule has 0 saturated carbocycles. The first-order valence-electron chi connectivity index (χ1n) is 8.49. The van der Waals surface area contributed by atoms with Crippen LogP contribution < -0.4 is 5.32 Å². The van der Waals surface area contributed by atoms with E-state index in [0.29, 0.717) is 21.7 Å². The predicted octanol–water partition coefficient (Wildman–Crippen LogP) is 6.93. The zero-order valence-corrected chi connectivity index (χ0v) is 18.1. The highest BCUT2D eigenvalue weighted by Crippen LogP contribution is 2.38. The van der Waals surface area contributed by atoms with Gasteiger partial charge in [-0.25, -0.2) is 4.98 Å². The molecular formula is C20H14ClF3N4S2. The molecule has 0 aliphatic heterocycles.